The Labute approximate surface area is 124 Å². The van der Waals surface area contributed by atoms with Gasteiger partial charge in [-0.25, -0.2) is 0 Å². The van der Waals surface area contributed by atoms with Crippen molar-refractivity contribution in [2.45, 2.75) is 38.5 Å². The third-order valence-electron chi connectivity index (χ3n) is 3.92. The predicted molar refractivity (Wildman–Crippen MR) is 79.4 cm³/mol. The minimum atomic E-state index is -0.705. The highest BCUT2D eigenvalue weighted by Crippen LogP contribution is 2.43. The van der Waals surface area contributed by atoms with E-state index in [-0.39, 0.29) is 12.6 Å². The summed E-state index contributed by atoms with van der Waals surface area (Å²) >= 11 is 6.15. The van der Waals surface area contributed by atoms with Gasteiger partial charge in [-0.05, 0) is 45.5 Å². The van der Waals surface area contributed by atoms with Gasteiger partial charge in [0.05, 0.1) is 12.6 Å². The van der Waals surface area contributed by atoms with Crippen molar-refractivity contribution in [3.8, 4) is 5.75 Å². The van der Waals surface area contributed by atoms with Crippen molar-refractivity contribution in [2.24, 2.45) is 0 Å². The van der Waals surface area contributed by atoms with Crippen LogP contribution in [-0.2, 0) is 0 Å². The maximum absolute atomic E-state index is 10.7. The lowest BCUT2D eigenvalue weighted by molar-refractivity contribution is -0.0772. The van der Waals surface area contributed by atoms with E-state index in [9.17, 15) is 5.11 Å². The van der Waals surface area contributed by atoms with Crippen LogP contribution < -0.4 is 4.74 Å². The number of ether oxygens (including phenoxy) is 1. The van der Waals surface area contributed by atoms with E-state index in [4.69, 9.17) is 21.4 Å². The molecule has 0 spiro atoms. The molecule has 0 saturated carbocycles. The highest BCUT2D eigenvalue weighted by atomic mass is 35.5. The van der Waals surface area contributed by atoms with Crippen molar-refractivity contribution >= 4 is 11.6 Å². The summed E-state index contributed by atoms with van der Waals surface area (Å²) in [6.45, 7) is 6.32. The lowest BCUT2D eigenvalue weighted by Crippen LogP contribution is -2.57. The van der Waals surface area contributed by atoms with E-state index in [0.29, 0.717) is 22.9 Å². The first-order chi connectivity index (χ1) is 9.27. The Bertz CT molecular complexity index is 504. The van der Waals surface area contributed by atoms with Gasteiger partial charge in [-0.15, -0.1) is 0 Å². The highest BCUT2D eigenvalue weighted by molar-refractivity contribution is 6.31. The topological polar surface area (TPSA) is 52.9 Å². The zero-order valence-electron chi connectivity index (χ0n) is 12.4. The van der Waals surface area contributed by atoms with Crippen LogP contribution in [0.25, 0.3) is 0 Å². The number of halogens is 1. The van der Waals surface area contributed by atoms with Crippen LogP contribution in [0, 0.1) is 6.92 Å². The van der Waals surface area contributed by atoms with Gasteiger partial charge in [-0.1, -0.05) is 11.6 Å². The van der Waals surface area contributed by atoms with Crippen molar-refractivity contribution in [1.82, 2.24) is 4.90 Å². The van der Waals surface area contributed by atoms with Crippen LogP contribution in [0.5, 0.6) is 5.75 Å². The number of fused-ring (bicyclic) bond motifs is 1. The molecule has 2 rings (SSSR count). The quantitative estimate of drug-likeness (QED) is 0.898. The van der Waals surface area contributed by atoms with Crippen LogP contribution in [0.4, 0.5) is 0 Å². The van der Waals surface area contributed by atoms with Gasteiger partial charge in [0.15, 0.2) is 0 Å². The van der Waals surface area contributed by atoms with E-state index in [2.05, 4.69) is 0 Å². The van der Waals surface area contributed by atoms with Crippen LogP contribution in [0.1, 0.15) is 31.1 Å². The number of nitrogens with zero attached hydrogens (tertiary/aromatic N) is 1. The van der Waals surface area contributed by atoms with E-state index in [1.54, 1.807) is 6.07 Å². The number of aliphatic hydroxyl groups excluding tert-OH is 2. The van der Waals surface area contributed by atoms with Gasteiger partial charge in [0, 0.05) is 17.1 Å². The molecule has 1 aromatic rings. The summed E-state index contributed by atoms with van der Waals surface area (Å²) in [6, 6.07) is 3.39. The summed E-state index contributed by atoms with van der Waals surface area (Å²) in [5.41, 5.74) is 1.07. The highest BCUT2D eigenvalue weighted by Gasteiger charge is 2.45. The summed E-state index contributed by atoms with van der Waals surface area (Å²) in [5, 5.41) is 20.4. The molecule has 0 radical (unpaired) electrons. The molecule has 112 valence electrons. The number of benzene rings is 1. The largest absolute Gasteiger partial charge is 0.486 e. The van der Waals surface area contributed by atoms with E-state index < -0.39 is 11.7 Å². The number of rotatable bonds is 3. The SMILES string of the molecule is Cc1cc2c(cc1Cl)C(O)C(N(C)CCO)C(C)(C)O2. The average Bonchev–Trinajstić information content (AvgIpc) is 2.31. The molecule has 2 atom stereocenters. The van der Waals surface area contributed by atoms with Gasteiger partial charge >= 0.3 is 0 Å². The lowest BCUT2D eigenvalue weighted by atomic mass is 9.85. The van der Waals surface area contributed by atoms with Gasteiger partial charge in [0.2, 0.25) is 0 Å². The third-order valence-corrected chi connectivity index (χ3v) is 4.33. The third kappa shape index (κ3) is 2.66. The normalized spacial score (nSPS) is 24.4. The molecule has 5 heteroatoms. The average molecular weight is 300 g/mol. The lowest BCUT2D eigenvalue weighted by Gasteiger charge is -2.47. The Morgan fingerprint density at radius 3 is 2.65 bits per heavy atom. The second-order valence-electron chi connectivity index (χ2n) is 5.94. The van der Waals surface area contributed by atoms with Crippen molar-refractivity contribution in [1.29, 1.82) is 0 Å². The summed E-state index contributed by atoms with van der Waals surface area (Å²) in [4.78, 5) is 1.92. The van der Waals surface area contributed by atoms with Gasteiger partial charge in [-0.2, -0.15) is 0 Å². The van der Waals surface area contributed by atoms with Crippen LogP contribution in [0.3, 0.4) is 0 Å². The molecule has 2 unspecified atom stereocenters. The maximum atomic E-state index is 10.7. The molecule has 20 heavy (non-hydrogen) atoms. The fraction of sp³-hybridized carbons (Fsp3) is 0.600. The van der Waals surface area contributed by atoms with Crippen LogP contribution >= 0.6 is 11.6 Å². The molecular formula is C15H22ClNO3. The van der Waals surface area contributed by atoms with E-state index in [0.717, 1.165) is 5.56 Å². The van der Waals surface area contributed by atoms with Crippen molar-refractivity contribution in [3.05, 3.63) is 28.3 Å². The summed E-state index contributed by atoms with van der Waals surface area (Å²) < 4.78 is 6.06. The first-order valence-corrected chi connectivity index (χ1v) is 7.14. The second-order valence-corrected chi connectivity index (χ2v) is 6.35. The number of hydrogen-bond acceptors (Lipinski definition) is 4. The number of aliphatic hydroxyl groups is 2. The molecule has 1 heterocycles. The molecular weight excluding hydrogens is 278 g/mol. The smallest absolute Gasteiger partial charge is 0.126 e. The molecule has 0 bridgehead atoms. The van der Waals surface area contributed by atoms with E-state index >= 15 is 0 Å². The van der Waals surface area contributed by atoms with Gasteiger partial charge in [-0.3, -0.25) is 4.90 Å². The minimum Gasteiger partial charge on any atom is -0.486 e. The zero-order chi connectivity index (χ0) is 15.1. The van der Waals surface area contributed by atoms with Crippen molar-refractivity contribution in [3.63, 3.8) is 0 Å². The Kier molecular flexibility index (Phi) is 4.30. The Hall–Kier alpha value is -0.810. The van der Waals surface area contributed by atoms with Crippen LogP contribution in [-0.4, -0.2) is 47.0 Å². The molecule has 1 aliphatic rings. The number of likely N-dealkylation sites (N-methyl/N-ethyl adjacent to an activating group) is 1. The molecule has 0 amide bonds. The van der Waals surface area contributed by atoms with Gasteiger partial charge < -0.3 is 14.9 Å². The Morgan fingerprint density at radius 1 is 1.40 bits per heavy atom. The summed E-state index contributed by atoms with van der Waals surface area (Å²) in [5.74, 6) is 0.679. The molecule has 4 nitrogen and oxygen atoms in total. The molecule has 0 aliphatic carbocycles. The fourth-order valence-corrected chi connectivity index (χ4v) is 3.12. The van der Waals surface area contributed by atoms with Gasteiger partial charge in [0.1, 0.15) is 17.5 Å². The Morgan fingerprint density at radius 2 is 2.05 bits per heavy atom. The van der Waals surface area contributed by atoms with Gasteiger partial charge in [0.25, 0.3) is 0 Å². The first kappa shape index (κ1) is 15.6. The molecule has 1 aromatic carbocycles. The summed E-state index contributed by atoms with van der Waals surface area (Å²) in [7, 11) is 1.87. The second kappa shape index (κ2) is 5.53. The number of aryl methyl sites for hydroxylation is 1. The van der Waals surface area contributed by atoms with Crippen molar-refractivity contribution < 1.29 is 14.9 Å². The molecule has 0 aromatic heterocycles. The molecule has 0 fully saturated rings. The zero-order valence-corrected chi connectivity index (χ0v) is 13.1. The first-order valence-electron chi connectivity index (χ1n) is 6.76. The Balaban J connectivity index is 2.45. The van der Waals surface area contributed by atoms with Crippen molar-refractivity contribution in [2.75, 3.05) is 20.2 Å². The predicted octanol–water partition coefficient (Wildman–Crippen LogP) is 2.15. The fourth-order valence-electron chi connectivity index (χ4n) is 2.95. The minimum absolute atomic E-state index is 0.0390. The van der Waals surface area contributed by atoms with E-state index in [1.165, 1.54) is 0 Å². The molecule has 2 N–H and O–H groups in total. The van der Waals surface area contributed by atoms with E-state index in [1.807, 2.05) is 38.8 Å². The molecule has 0 saturated heterocycles. The maximum Gasteiger partial charge on any atom is 0.126 e. The number of hydrogen-bond donors (Lipinski definition) is 2. The standard InChI is InChI=1S/C15H22ClNO3/c1-9-7-12-10(8-11(9)16)13(19)14(15(2,3)20-12)17(4)5-6-18/h7-8,13-14,18-19H,5-6H2,1-4H3. The summed E-state index contributed by atoms with van der Waals surface area (Å²) in [6.07, 6.45) is -0.705. The molecule has 1 aliphatic heterocycles. The van der Waals surface area contributed by atoms with Crippen LogP contribution in [0.2, 0.25) is 5.02 Å². The monoisotopic (exact) mass is 299 g/mol. The van der Waals surface area contributed by atoms with Crippen LogP contribution in [0.15, 0.2) is 12.1 Å².